The van der Waals surface area contributed by atoms with Crippen LogP contribution in [0.3, 0.4) is 0 Å². The molecule has 106 valence electrons. The predicted octanol–water partition coefficient (Wildman–Crippen LogP) is 4.71. The van der Waals surface area contributed by atoms with E-state index >= 15 is 0 Å². The summed E-state index contributed by atoms with van der Waals surface area (Å²) in [4.78, 5) is 0. The number of halogens is 2. The molecule has 2 aromatic rings. The molecule has 0 saturated carbocycles. The van der Waals surface area contributed by atoms with E-state index in [2.05, 4.69) is 11.4 Å². The lowest BCUT2D eigenvalue weighted by Gasteiger charge is -2.22. The highest BCUT2D eigenvalue weighted by atomic mass is 35.5. The highest BCUT2D eigenvalue weighted by Gasteiger charge is 2.18. The first-order valence-corrected chi connectivity index (χ1v) is 7.01. The van der Waals surface area contributed by atoms with Crippen molar-refractivity contribution < 1.29 is 4.39 Å². The van der Waals surface area contributed by atoms with Crippen molar-refractivity contribution >= 4 is 11.6 Å². The van der Waals surface area contributed by atoms with Gasteiger partial charge in [0.15, 0.2) is 0 Å². The van der Waals surface area contributed by atoms with Gasteiger partial charge in [0.1, 0.15) is 5.82 Å². The Bertz CT molecular complexity index is 594. The Morgan fingerprint density at radius 1 is 1.00 bits per heavy atom. The van der Waals surface area contributed by atoms with Crippen LogP contribution in [0.4, 0.5) is 4.39 Å². The SMILES string of the molecule is CNC(c1cc(C)cc(Cl)c1)c1c(C)cc(F)cc1C. The Morgan fingerprint density at radius 2 is 1.60 bits per heavy atom. The van der Waals surface area contributed by atoms with E-state index in [4.69, 9.17) is 11.6 Å². The van der Waals surface area contributed by atoms with Crippen molar-refractivity contribution in [3.63, 3.8) is 0 Å². The molecule has 3 heteroatoms. The van der Waals surface area contributed by atoms with E-state index in [1.54, 1.807) is 12.1 Å². The molecule has 0 spiro atoms. The first-order valence-electron chi connectivity index (χ1n) is 6.63. The quantitative estimate of drug-likeness (QED) is 0.863. The summed E-state index contributed by atoms with van der Waals surface area (Å²) in [5, 5.41) is 4.03. The molecular weight excluding hydrogens is 273 g/mol. The normalized spacial score (nSPS) is 12.5. The lowest BCUT2D eigenvalue weighted by atomic mass is 9.90. The molecule has 0 heterocycles. The van der Waals surface area contributed by atoms with Gasteiger partial charge in [0.2, 0.25) is 0 Å². The van der Waals surface area contributed by atoms with E-state index in [9.17, 15) is 4.39 Å². The molecule has 0 aromatic heterocycles. The van der Waals surface area contributed by atoms with E-state index in [1.165, 1.54) is 0 Å². The summed E-state index contributed by atoms with van der Waals surface area (Å²) in [5.41, 5.74) is 5.20. The molecular formula is C17H19ClFN. The van der Waals surface area contributed by atoms with E-state index in [0.717, 1.165) is 32.8 Å². The van der Waals surface area contributed by atoms with Gasteiger partial charge in [0.05, 0.1) is 6.04 Å². The summed E-state index contributed by atoms with van der Waals surface area (Å²) in [6, 6.07) is 9.15. The topological polar surface area (TPSA) is 12.0 Å². The Labute approximate surface area is 124 Å². The average molecular weight is 292 g/mol. The number of hydrogen-bond acceptors (Lipinski definition) is 1. The summed E-state index contributed by atoms with van der Waals surface area (Å²) in [7, 11) is 1.91. The van der Waals surface area contributed by atoms with Gasteiger partial charge < -0.3 is 5.32 Å². The Balaban J connectivity index is 2.58. The standard InChI is InChI=1S/C17H19ClFN/c1-10-5-13(9-14(18)6-10)17(20-4)16-11(2)7-15(19)8-12(16)3/h5-9,17,20H,1-4H3. The third-order valence-corrected chi connectivity index (χ3v) is 3.75. The molecule has 0 fully saturated rings. The van der Waals surface area contributed by atoms with E-state index in [0.29, 0.717) is 0 Å². The fourth-order valence-corrected chi connectivity index (χ4v) is 3.08. The minimum atomic E-state index is -0.194. The van der Waals surface area contributed by atoms with Crippen molar-refractivity contribution in [2.45, 2.75) is 26.8 Å². The van der Waals surface area contributed by atoms with Gasteiger partial charge in [0, 0.05) is 5.02 Å². The molecule has 0 amide bonds. The van der Waals surface area contributed by atoms with Crippen molar-refractivity contribution in [2.24, 2.45) is 0 Å². The van der Waals surface area contributed by atoms with Gasteiger partial charge >= 0.3 is 0 Å². The average Bonchev–Trinajstić information content (AvgIpc) is 2.32. The van der Waals surface area contributed by atoms with Crippen molar-refractivity contribution in [3.05, 3.63) is 69.0 Å². The van der Waals surface area contributed by atoms with Gasteiger partial charge in [-0.05, 0) is 79.9 Å². The highest BCUT2D eigenvalue weighted by molar-refractivity contribution is 6.30. The number of hydrogen-bond donors (Lipinski definition) is 1. The van der Waals surface area contributed by atoms with Crippen LogP contribution in [0.1, 0.15) is 33.9 Å². The number of aryl methyl sites for hydroxylation is 3. The number of nitrogens with one attached hydrogen (secondary N) is 1. The zero-order valence-corrected chi connectivity index (χ0v) is 13.0. The molecule has 2 aromatic carbocycles. The second kappa shape index (κ2) is 5.94. The van der Waals surface area contributed by atoms with Crippen LogP contribution in [-0.2, 0) is 0 Å². The predicted molar refractivity (Wildman–Crippen MR) is 83.0 cm³/mol. The molecule has 0 aliphatic carbocycles. The maximum absolute atomic E-state index is 13.5. The summed E-state index contributed by atoms with van der Waals surface area (Å²) < 4.78 is 13.5. The molecule has 1 atom stereocenters. The van der Waals surface area contributed by atoms with Crippen molar-refractivity contribution in [2.75, 3.05) is 7.05 Å². The lowest BCUT2D eigenvalue weighted by molar-refractivity contribution is 0.618. The fraction of sp³-hybridized carbons (Fsp3) is 0.294. The van der Waals surface area contributed by atoms with Crippen LogP contribution >= 0.6 is 11.6 Å². The van der Waals surface area contributed by atoms with Crippen LogP contribution < -0.4 is 5.32 Å². The van der Waals surface area contributed by atoms with Gasteiger partial charge in [0.25, 0.3) is 0 Å². The number of rotatable bonds is 3. The maximum Gasteiger partial charge on any atom is 0.123 e. The second-order valence-electron chi connectivity index (χ2n) is 5.24. The minimum Gasteiger partial charge on any atom is -0.309 e. The maximum atomic E-state index is 13.5. The Morgan fingerprint density at radius 3 is 2.10 bits per heavy atom. The summed E-state index contributed by atoms with van der Waals surface area (Å²) in [6.07, 6.45) is 0. The minimum absolute atomic E-state index is 0.00741. The third kappa shape index (κ3) is 3.02. The van der Waals surface area contributed by atoms with Gasteiger partial charge in [-0.2, -0.15) is 0 Å². The first-order chi connectivity index (χ1) is 9.42. The van der Waals surface area contributed by atoms with Crippen molar-refractivity contribution in [3.8, 4) is 0 Å². The van der Waals surface area contributed by atoms with Crippen LogP contribution in [0.15, 0.2) is 30.3 Å². The molecule has 1 nitrogen and oxygen atoms in total. The molecule has 0 bridgehead atoms. The highest BCUT2D eigenvalue weighted by Crippen LogP contribution is 2.30. The molecule has 0 aliphatic heterocycles. The fourth-order valence-electron chi connectivity index (χ4n) is 2.79. The lowest BCUT2D eigenvalue weighted by Crippen LogP contribution is -2.20. The van der Waals surface area contributed by atoms with E-state index in [-0.39, 0.29) is 11.9 Å². The van der Waals surface area contributed by atoms with Crippen LogP contribution in [-0.4, -0.2) is 7.05 Å². The van der Waals surface area contributed by atoms with Gasteiger partial charge in [-0.15, -0.1) is 0 Å². The van der Waals surface area contributed by atoms with Gasteiger partial charge in [-0.25, -0.2) is 4.39 Å². The van der Waals surface area contributed by atoms with Crippen LogP contribution in [0, 0.1) is 26.6 Å². The molecule has 1 unspecified atom stereocenters. The molecule has 0 aliphatic rings. The summed E-state index contributed by atoms with van der Waals surface area (Å²) >= 11 is 6.16. The van der Waals surface area contributed by atoms with E-state index in [1.807, 2.05) is 40.0 Å². The van der Waals surface area contributed by atoms with Gasteiger partial charge in [-0.3, -0.25) is 0 Å². The van der Waals surface area contributed by atoms with E-state index < -0.39 is 0 Å². The van der Waals surface area contributed by atoms with Crippen LogP contribution in [0.2, 0.25) is 5.02 Å². The third-order valence-electron chi connectivity index (χ3n) is 3.53. The first kappa shape index (κ1) is 15.0. The molecule has 1 N–H and O–H groups in total. The zero-order valence-electron chi connectivity index (χ0n) is 12.2. The summed E-state index contributed by atoms with van der Waals surface area (Å²) in [6.45, 7) is 5.90. The van der Waals surface area contributed by atoms with Crippen molar-refractivity contribution in [1.82, 2.24) is 5.32 Å². The van der Waals surface area contributed by atoms with Crippen molar-refractivity contribution in [1.29, 1.82) is 0 Å². The van der Waals surface area contributed by atoms with Crippen LogP contribution in [0.25, 0.3) is 0 Å². The van der Waals surface area contributed by atoms with Crippen LogP contribution in [0.5, 0.6) is 0 Å². The second-order valence-corrected chi connectivity index (χ2v) is 5.67. The monoisotopic (exact) mass is 291 g/mol. The molecule has 0 saturated heterocycles. The molecule has 0 radical (unpaired) electrons. The molecule has 2 rings (SSSR count). The largest absolute Gasteiger partial charge is 0.309 e. The smallest absolute Gasteiger partial charge is 0.123 e. The van der Waals surface area contributed by atoms with Gasteiger partial charge in [-0.1, -0.05) is 17.7 Å². The Kier molecular flexibility index (Phi) is 4.46. The zero-order chi connectivity index (χ0) is 14.9. The Hall–Kier alpha value is -1.38. The number of benzene rings is 2. The summed E-state index contributed by atoms with van der Waals surface area (Å²) in [5.74, 6) is -0.194. The molecule has 20 heavy (non-hydrogen) atoms.